The molecular weight excluding hydrogens is 613 g/mol. The van der Waals surface area contributed by atoms with Crippen LogP contribution in [0, 0.1) is 0 Å². The lowest BCUT2D eigenvalue weighted by Crippen LogP contribution is -2.05. The van der Waals surface area contributed by atoms with Crippen LogP contribution in [-0.2, 0) is 0 Å². The second-order valence-electron chi connectivity index (χ2n) is 12.0. The first kappa shape index (κ1) is 29.3. The lowest BCUT2D eigenvalue weighted by molar-refractivity contribution is 0.666. The van der Waals surface area contributed by atoms with E-state index in [0.717, 1.165) is 49.8 Å². The Hall–Kier alpha value is -6.85. The van der Waals surface area contributed by atoms with Crippen LogP contribution in [0.2, 0.25) is 0 Å². The Bertz CT molecular complexity index is 2740. The number of fused-ring (bicyclic) bond motifs is 6. The predicted molar refractivity (Wildman–Crippen MR) is 209 cm³/mol. The Morgan fingerprint density at radius 3 is 2.10 bits per heavy atom. The summed E-state index contributed by atoms with van der Waals surface area (Å²) in [5.74, 6) is 1.11. The van der Waals surface area contributed by atoms with Gasteiger partial charge in [0.15, 0.2) is 17.3 Å². The number of aliphatic imine (C=N–C) groups is 3. The maximum Gasteiger partial charge on any atom is 0.161 e. The Labute approximate surface area is 288 Å². The fourth-order valence-corrected chi connectivity index (χ4v) is 6.78. The fourth-order valence-electron chi connectivity index (χ4n) is 6.78. The first-order chi connectivity index (χ1) is 24.8. The molecule has 3 heterocycles. The van der Waals surface area contributed by atoms with Crippen molar-refractivity contribution in [2.24, 2.45) is 15.0 Å². The lowest BCUT2D eigenvalue weighted by Gasteiger charge is -2.09. The van der Waals surface area contributed by atoms with Crippen molar-refractivity contribution < 1.29 is 4.42 Å². The quantitative estimate of drug-likeness (QED) is 0.188. The second kappa shape index (κ2) is 12.6. The summed E-state index contributed by atoms with van der Waals surface area (Å²) in [7, 11) is 0. The Balaban J connectivity index is 1.23. The molecule has 0 N–H and O–H groups in total. The summed E-state index contributed by atoms with van der Waals surface area (Å²) < 4.78 is 9.14. The molecule has 1 aliphatic rings. The van der Waals surface area contributed by atoms with Gasteiger partial charge in [0.05, 0.1) is 16.7 Å². The highest BCUT2D eigenvalue weighted by Crippen LogP contribution is 2.41. The van der Waals surface area contributed by atoms with Gasteiger partial charge in [0.25, 0.3) is 0 Å². The van der Waals surface area contributed by atoms with E-state index in [1.54, 1.807) is 12.4 Å². The van der Waals surface area contributed by atoms with E-state index in [1.165, 1.54) is 21.9 Å². The molecule has 0 unspecified atom stereocenters. The minimum Gasteiger partial charge on any atom is -0.454 e. The van der Waals surface area contributed by atoms with Crippen molar-refractivity contribution in [1.29, 1.82) is 0 Å². The average Bonchev–Trinajstić information content (AvgIpc) is 3.71. The molecule has 0 saturated carbocycles. The maximum absolute atomic E-state index is 6.81. The third-order valence-corrected chi connectivity index (χ3v) is 9.01. The van der Waals surface area contributed by atoms with Crippen molar-refractivity contribution in [3.8, 4) is 16.8 Å². The van der Waals surface area contributed by atoms with Gasteiger partial charge in [-0.25, -0.2) is 15.0 Å². The summed E-state index contributed by atoms with van der Waals surface area (Å²) in [5.41, 5.74) is 8.95. The number of hydrogen-bond acceptors (Lipinski definition) is 4. The van der Waals surface area contributed by atoms with E-state index >= 15 is 0 Å². The van der Waals surface area contributed by atoms with Gasteiger partial charge in [0.2, 0.25) is 0 Å². The van der Waals surface area contributed by atoms with Gasteiger partial charge in [-0.3, -0.25) is 0 Å². The van der Waals surface area contributed by atoms with E-state index < -0.39 is 0 Å². The van der Waals surface area contributed by atoms with Gasteiger partial charge in [0, 0.05) is 45.1 Å². The van der Waals surface area contributed by atoms with E-state index in [2.05, 4.69) is 113 Å². The molecule has 0 saturated heterocycles. The van der Waals surface area contributed by atoms with Crippen molar-refractivity contribution in [2.45, 2.75) is 0 Å². The number of nitrogens with zero attached hydrogens (tertiary/aromatic N) is 4. The largest absolute Gasteiger partial charge is 0.454 e. The van der Waals surface area contributed by atoms with Gasteiger partial charge < -0.3 is 8.98 Å². The molecule has 1 aliphatic heterocycles. The number of allylic oxidation sites excluding steroid dienone is 5. The minimum absolute atomic E-state index is 0.536. The van der Waals surface area contributed by atoms with Crippen LogP contribution in [0.1, 0.15) is 11.1 Å². The van der Waals surface area contributed by atoms with E-state index in [-0.39, 0.29) is 0 Å². The van der Waals surface area contributed by atoms with Crippen molar-refractivity contribution in [3.05, 3.63) is 187 Å². The highest BCUT2D eigenvalue weighted by Gasteiger charge is 2.20. The molecule has 0 atom stereocenters. The van der Waals surface area contributed by atoms with Crippen LogP contribution >= 0.6 is 0 Å². The van der Waals surface area contributed by atoms with Crippen LogP contribution in [0.15, 0.2) is 196 Å². The summed E-state index contributed by atoms with van der Waals surface area (Å²) in [6.45, 7) is 0. The van der Waals surface area contributed by atoms with Crippen LogP contribution in [-0.4, -0.2) is 22.5 Å². The van der Waals surface area contributed by atoms with Crippen LogP contribution in [0.4, 0.5) is 0 Å². The standard InChI is InChI=1S/C45H30N4O/c1-2-12-28-46-44(32-18-8-5-9-19-32)48-45(47-29-13-3-1)33-26-27-35-36-22-15-25-40(43(36)50-41(35)30-33)49-38-23-11-10-20-37(38)42-34(21-14-24-39(42)49)31-16-6-4-7-17-31/h1-30H/b2-1?,3-1-,12-2+,13-3?,28-12?,29-13-,46-28+,46-44?,47-29?,47-45-,48-44-,48-45?. The average molecular weight is 643 g/mol. The zero-order valence-corrected chi connectivity index (χ0v) is 27.0. The zero-order chi connectivity index (χ0) is 33.3. The molecule has 50 heavy (non-hydrogen) atoms. The molecule has 0 bridgehead atoms. The molecule has 6 aromatic carbocycles. The van der Waals surface area contributed by atoms with Crippen molar-refractivity contribution in [1.82, 2.24) is 4.57 Å². The van der Waals surface area contributed by atoms with E-state index in [4.69, 9.17) is 14.4 Å². The smallest absolute Gasteiger partial charge is 0.161 e. The number of rotatable bonds is 4. The molecule has 8 aromatic rings. The number of hydrogen-bond donors (Lipinski definition) is 0. The van der Waals surface area contributed by atoms with Crippen LogP contribution in [0.3, 0.4) is 0 Å². The molecule has 0 aliphatic carbocycles. The van der Waals surface area contributed by atoms with Crippen LogP contribution in [0.25, 0.3) is 60.6 Å². The minimum atomic E-state index is 0.536. The van der Waals surface area contributed by atoms with Gasteiger partial charge in [-0.1, -0.05) is 127 Å². The lowest BCUT2D eigenvalue weighted by atomic mass is 9.99. The molecular formula is C45H30N4O. The SMILES string of the molecule is C1=C\C=C\C=N\C(c2ccccc2)=N/C(c2ccc3c(c2)oc2c(-n4c5ccccc5c5c(-c6ccccc6)cccc54)cccc23)=N\C=C/1. The third-order valence-electron chi connectivity index (χ3n) is 9.01. The monoisotopic (exact) mass is 642 g/mol. The summed E-state index contributed by atoms with van der Waals surface area (Å²) in [5, 5.41) is 4.49. The van der Waals surface area contributed by atoms with Gasteiger partial charge in [-0.05, 0) is 53.6 Å². The highest BCUT2D eigenvalue weighted by molar-refractivity contribution is 6.18. The van der Waals surface area contributed by atoms with Crippen molar-refractivity contribution in [3.63, 3.8) is 0 Å². The number of furan rings is 1. The van der Waals surface area contributed by atoms with E-state index in [1.807, 2.05) is 66.8 Å². The summed E-state index contributed by atoms with van der Waals surface area (Å²) in [4.78, 5) is 14.4. The molecule has 5 nitrogen and oxygen atoms in total. The molecule has 5 heteroatoms. The molecule has 0 amide bonds. The van der Waals surface area contributed by atoms with Gasteiger partial charge in [0.1, 0.15) is 5.58 Å². The van der Waals surface area contributed by atoms with Crippen LogP contribution in [0.5, 0.6) is 0 Å². The maximum atomic E-state index is 6.81. The van der Waals surface area contributed by atoms with Gasteiger partial charge in [-0.15, -0.1) is 0 Å². The van der Waals surface area contributed by atoms with Gasteiger partial charge >= 0.3 is 0 Å². The first-order valence-electron chi connectivity index (χ1n) is 16.6. The third kappa shape index (κ3) is 5.18. The van der Waals surface area contributed by atoms with Crippen molar-refractivity contribution >= 4 is 61.6 Å². The normalized spacial score (nSPS) is 18.2. The van der Waals surface area contributed by atoms with Gasteiger partial charge in [-0.2, -0.15) is 0 Å². The van der Waals surface area contributed by atoms with Crippen LogP contribution < -0.4 is 0 Å². The topological polar surface area (TPSA) is 55.1 Å². The molecule has 2 aromatic heterocycles. The van der Waals surface area contributed by atoms with E-state index in [9.17, 15) is 0 Å². The Kier molecular flexibility index (Phi) is 7.41. The number of benzene rings is 6. The Morgan fingerprint density at radius 1 is 0.500 bits per heavy atom. The zero-order valence-electron chi connectivity index (χ0n) is 27.0. The fraction of sp³-hybridized carbons (Fsp3) is 0. The second-order valence-corrected chi connectivity index (χ2v) is 12.0. The van der Waals surface area contributed by atoms with E-state index in [0.29, 0.717) is 11.7 Å². The molecule has 0 spiro atoms. The number of para-hydroxylation sites is 2. The predicted octanol–water partition coefficient (Wildman–Crippen LogP) is 11.3. The molecule has 0 fully saturated rings. The summed E-state index contributed by atoms with van der Waals surface area (Å²) in [6.07, 6.45) is 13.1. The molecule has 0 radical (unpaired) electrons. The van der Waals surface area contributed by atoms with Crippen molar-refractivity contribution in [2.75, 3.05) is 0 Å². The number of amidine groups is 2. The summed E-state index contributed by atoms with van der Waals surface area (Å²) >= 11 is 0. The molecule has 236 valence electrons. The Morgan fingerprint density at radius 2 is 1.22 bits per heavy atom. The summed E-state index contributed by atoms with van der Waals surface area (Å²) in [6, 6.07) is 48.3. The number of aromatic nitrogens is 1. The first-order valence-corrected chi connectivity index (χ1v) is 16.6. The highest BCUT2D eigenvalue weighted by atomic mass is 16.3. The molecule has 9 rings (SSSR count).